The van der Waals surface area contributed by atoms with E-state index in [4.69, 9.17) is 4.99 Å². The van der Waals surface area contributed by atoms with Crippen molar-refractivity contribution in [2.24, 2.45) is 4.99 Å². The average molecular weight is 400 g/mol. The zero-order valence-corrected chi connectivity index (χ0v) is 18.4. The Bertz CT molecular complexity index is 679. The molecule has 1 N–H and O–H groups in total. The fraction of sp³-hybridized carbons (Fsp3) is 0.652. The van der Waals surface area contributed by atoms with Crippen molar-refractivity contribution < 1.29 is 4.79 Å². The molecule has 6 nitrogen and oxygen atoms in total. The van der Waals surface area contributed by atoms with E-state index in [1.807, 2.05) is 4.90 Å². The Morgan fingerprint density at radius 1 is 1.03 bits per heavy atom. The number of nitrogens with one attached hydrogen (secondary N) is 1. The van der Waals surface area contributed by atoms with Crippen molar-refractivity contribution in [1.29, 1.82) is 0 Å². The smallest absolute Gasteiger partial charge is 0.219 e. The first kappa shape index (κ1) is 21.6. The molecule has 29 heavy (non-hydrogen) atoms. The first-order valence-electron chi connectivity index (χ1n) is 11.2. The van der Waals surface area contributed by atoms with Crippen molar-refractivity contribution in [3.8, 4) is 0 Å². The van der Waals surface area contributed by atoms with Crippen LogP contribution in [0.5, 0.6) is 0 Å². The number of rotatable bonds is 5. The van der Waals surface area contributed by atoms with Crippen LogP contribution in [0.2, 0.25) is 0 Å². The van der Waals surface area contributed by atoms with Gasteiger partial charge in [-0.3, -0.25) is 9.69 Å². The zero-order valence-electron chi connectivity index (χ0n) is 18.4. The van der Waals surface area contributed by atoms with Gasteiger partial charge in [-0.2, -0.15) is 0 Å². The molecule has 2 aliphatic heterocycles. The summed E-state index contributed by atoms with van der Waals surface area (Å²) in [5.41, 5.74) is 2.62. The van der Waals surface area contributed by atoms with Crippen molar-refractivity contribution in [2.75, 3.05) is 39.3 Å². The highest BCUT2D eigenvalue weighted by atomic mass is 16.2. The molecule has 0 aliphatic carbocycles. The van der Waals surface area contributed by atoms with Crippen LogP contribution in [-0.4, -0.2) is 71.9 Å². The fourth-order valence-electron chi connectivity index (χ4n) is 4.20. The third-order valence-electron chi connectivity index (χ3n) is 6.12. The molecule has 1 unspecified atom stereocenters. The molecule has 1 aromatic rings. The molecule has 2 aliphatic rings. The summed E-state index contributed by atoms with van der Waals surface area (Å²) >= 11 is 0. The van der Waals surface area contributed by atoms with Crippen LogP contribution in [0.4, 0.5) is 0 Å². The molecule has 3 rings (SSSR count). The summed E-state index contributed by atoms with van der Waals surface area (Å²) in [7, 11) is 0. The number of guanidine groups is 1. The second-order valence-corrected chi connectivity index (χ2v) is 8.30. The molecule has 1 aromatic carbocycles. The molecular formula is C23H37N5O. The lowest BCUT2D eigenvalue weighted by atomic mass is 10.0. The second-order valence-electron chi connectivity index (χ2n) is 8.30. The Kier molecular flexibility index (Phi) is 7.92. The van der Waals surface area contributed by atoms with Crippen LogP contribution in [0.1, 0.15) is 51.2 Å². The lowest BCUT2D eigenvalue weighted by Crippen LogP contribution is -2.53. The highest BCUT2D eigenvalue weighted by Crippen LogP contribution is 2.19. The van der Waals surface area contributed by atoms with Crippen molar-refractivity contribution in [2.45, 2.75) is 59.2 Å². The molecule has 0 aromatic heterocycles. The van der Waals surface area contributed by atoms with Crippen LogP contribution in [0.15, 0.2) is 29.3 Å². The number of likely N-dealkylation sites (tertiary alicyclic amines) is 1. The van der Waals surface area contributed by atoms with Crippen LogP contribution in [0.25, 0.3) is 0 Å². The number of benzene rings is 1. The van der Waals surface area contributed by atoms with Gasteiger partial charge in [-0.25, -0.2) is 4.99 Å². The van der Waals surface area contributed by atoms with Gasteiger partial charge >= 0.3 is 0 Å². The van der Waals surface area contributed by atoms with Crippen LogP contribution < -0.4 is 5.32 Å². The maximum atomic E-state index is 11.5. The van der Waals surface area contributed by atoms with Crippen LogP contribution in [0.3, 0.4) is 0 Å². The highest BCUT2D eigenvalue weighted by molar-refractivity contribution is 5.80. The van der Waals surface area contributed by atoms with E-state index in [0.717, 1.165) is 45.2 Å². The molecule has 0 radical (unpaired) electrons. The van der Waals surface area contributed by atoms with E-state index in [2.05, 4.69) is 53.2 Å². The van der Waals surface area contributed by atoms with E-state index in [0.29, 0.717) is 12.6 Å². The Labute approximate surface area is 176 Å². The summed E-state index contributed by atoms with van der Waals surface area (Å²) in [6, 6.07) is 9.63. The summed E-state index contributed by atoms with van der Waals surface area (Å²) in [5, 5.41) is 3.40. The zero-order chi connectivity index (χ0) is 20.6. The third-order valence-corrected chi connectivity index (χ3v) is 6.12. The van der Waals surface area contributed by atoms with Gasteiger partial charge in [0.1, 0.15) is 0 Å². The molecule has 2 fully saturated rings. The molecule has 2 heterocycles. The Balaban J connectivity index is 1.56. The van der Waals surface area contributed by atoms with Gasteiger partial charge in [-0.15, -0.1) is 0 Å². The topological polar surface area (TPSA) is 51.2 Å². The number of carbonyl (C=O) groups excluding carboxylic acids is 1. The number of nitrogens with zero attached hydrogens (tertiary/aromatic N) is 4. The van der Waals surface area contributed by atoms with E-state index in [1.165, 1.54) is 36.9 Å². The molecule has 0 saturated carbocycles. The van der Waals surface area contributed by atoms with Crippen molar-refractivity contribution in [1.82, 2.24) is 20.0 Å². The predicted molar refractivity (Wildman–Crippen MR) is 119 cm³/mol. The van der Waals surface area contributed by atoms with Gasteiger partial charge in [0.15, 0.2) is 5.96 Å². The lowest BCUT2D eigenvalue weighted by Gasteiger charge is -2.36. The van der Waals surface area contributed by atoms with Gasteiger partial charge in [-0.05, 0) is 44.4 Å². The summed E-state index contributed by atoms with van der Waals surface area (Å²) in [5.74, 6) is 1.10. The van der Waals surface area contributed by atoms with Crippen molar-refractivity contribution in [3.05, 3.63) is 35.4 Å². The Morgan fingerprint density at radius 2 is 1.69 bits per heavy atom. The van der Waals surface area contributed by atoms with Crippen LogP contribution >= 0.6 is 0 Å². The lowest BCUT2D eigenvalue weighted by molar-refractivity contribution is -0.130. The van der Waals surface area contributed by atoms with Gasteiger partial charge in [0.2, 0.25) is 5.91 Å². The molecule has 1 amide bonds. The number of piperazine rings is 1. The van der Waals surface area contributed by atoms with Crippen LogP contribution in [-0.2, 0) is 17.9 Å². The minimum Gasteiger partial charge on any atom is -0.357 e. The minimum atomic E-state index is 0.158. The average Bonchev–Trinajstić information content (AvgIpc) is 2.74. The number of amides is 1. The summed E-state index contributed by atoms with van der Waals surface area (Å²) in [4.78, 5) is 23.2. The van der Waals surface area contributed by atoms with Crippen LogP contribution in [0, 0.1) is 0 Å². The largest absolute Gasteiger partial charge is 0.357 e. The molecule has 1 atom stereocenters. The Morgan fingerprint density at radius 3 is 2.31 bits per heavy atom. The van der Waals surface area contributed by atoms with E-state index in [-0.39, 0.29) is 5.91 Å². The fourth-order valence-corrected chi connectivity index (χ4v) is 4.20. The number of piperidine rings is 1. The first-order valence-corrected chi connectivity index (χ1v) is 11.2. The highest BCUT2D eigenvalue weighted by Gasteiger charge is 2.21. The summed E-state index contributed by atoms with van der Waals surface area (Å²) < 4.78 is 0. The SMILES string of the molecule is CCNC(=NCc1ccc(CN2CCCCC2C)cc1)N1CCN(C(C)=O)CC1. The first-order chi connectivity index (χ1) is 14.1. The number of hydrogen-bond donors (Lipinski definition) is 1. The quantitative estimate of drug-likeness (QED) is 0.611. The molecule has 160 valence electrons. The normalized spacial score (nSPS) is 21.3. The molecular weight excluding hydrogens is 362 g/mol. The number of aliphatic imine (C=N–C) groups is 1. The molecule has 0 spiro atoms. The minimum absolute atomic E-state index is 0.158. The van der Waals surface area contributed by atoms with E-state index < -0.39 is 0 Å². The van der Waals surface area contributed by atoms with Crippen molar-refractivity contribution in [3.63, 3.8) is 0 Å². The molecule has 0 bridgehead atoms. The molecule has 6 heteroatoms. The van der Waals surface area contributed by atoms with Gasteiger partial charge in [-0.1, -0.05) is 30.7 Å². The monoisotopic (exact) mass is 399 g/mol. The second kappa shape index (κ2) is 10.6. The number of hydrogen-bond acceptors (Lipinski definition) is 3. The summed E-state index contributed by atoms with van der Waals surface area (Å²) in [6.07, 6.45) is 4.01. The van der Waals surface area contributed by atoms with Gasteiger partial charge in [0, 0.05) is 52.2 Å². The summed E-state index contributed by atoms with van der Waals surface area (Å²) in [6.45, 7) is 13.1. The van der Waals surface area contributed by atoms with Gasteiger partial charge in [0.25, 0.3) is 0 Å². The van der Waals surface area contributed by atoms with Gasteiger partial charge in [0.05, 0.1) is 6.54 Å². The van der Waals surface area contributed by atoms with E-state index >= 15 is 0 Å². The predicted octanol–water partition coefficient (Wildman–Crippen LogP) is 2.69. The van der Waals surface area contributed by atoms with E-state index in [1.54, 1.807) is 6.92 Å². The van der Waals surface area contributed by atoms with E-state index in [9.17, 15) is 4.79 Å². The maximum absolute atomic E-state index is 11.5. The Hall–Kier alpha value is -2.08. The maximum Gasteiger partial charge on any atom is 0.219 e. The molecule has 2 saturated heterocycles. The van der Waals surface area contributed by atoms with Gasteiger partial charge < -0.3 is 15.1 Å². The standard InChI is InChI=1S/C23H37N5O/c1-4-24-23(27-15-13-26(14-16-27)20(3)29)25-17-21-8-10-22(11-9-21)18-28-12-6-5-7-19(28)2/h8-11,19H,4-7,12-18H2,1-3H3,(H,24,25). The van der Waals surface area contributed by atoms with Crippen molar-refractivity contribution >= 4 is 11.9 Å². The number of carbonyl (C=O) groups is 1. The third kappa shape index (κ3) is 6.20.